The second-order valence-electron chi connectivity index (χ2n) is 9.09. The first-order valence-corrected chi connectivity index (χ1v) is 14.9. The van der Waals surface area contributed by atoms with E-state index in [2.05, 4.69) is 19.5 Å². The van der Waals surface area contributed by atoms with Gasteiger partial charge in [0.2, 0.25) is 0 Å². The van der Waals surface area contributed by atoms with E-state index in [-0.39, 0.29) is 23.4 Å². The third kappa shape index (κ3) is 6.36. The lowest BCUT2D eigenvalue weighted by molar-refractivity contribution is -0.0575. The molecule has 0 aliphatic carbocycles. The summed E-state index contributed by atoms with van der Waals surface area (Å²) in [5.41, 5.74) is 4.52. The van der Waals surface area contributed by atoms with Gasteiger partial charge in [0.25, 0.3) is 5.56 Å². The predicted molar refractivity (Wildman–Crippen MR) is 136 cm³/mol. The number of hydrogen-bond donors (Lipinski definition) is 3. The number of aromatic nitrogens is 6. The van der Waals surface area contributed by atoms with Gasteiger partial charge in [0, 0.05) is 25.8 Å². The second-order valence-corrected chi connectivity index (χ2v) is 11.7. The number of aromatic amines is 1. The van der Waals surface area contributed by atoms with Crippen LogP contribution in [0.5, 0.6) is 0 Å². The molecule has 2 unspecified atom stereocenters. The molecule has 2 aliphatic rings. The number of nitrogens with zero attached hydrogens (tertiary/aromatic N) is 5. The van der Waals surface area contributed by atoms with E-state index in [9.17, 15) is 28.0 Å². The molecule has 0 amide bonds. The minimum atomic E-state index is -5.17. The molecular weight excluding hydrogens is 614 g/mol. The number of alkyl halides is 2. The first kappa shape index (κ1) is 30.5. The van der Waals surface area contributed by atoms with Crippen molar-refractivity contribution in [2.45, 2.75) is 49.5 Å². The van der Waals surface area contributed by atoms with Crippen molar-refractivity contribution >= 4 is 33.1 Å². The van der Waals surface area contributed by atoms with Crippen molar-refractivity contribution in [3.63, 3.8) is 0 Å². The van der Waals surface area contributed by atoms with Gasteiger partial charge >= 0.3 is 21.8 Å². The Morgan fingerprint density at radius 2 is 2.00 bits per heavy atom. The molecule has 0 radical (unpaired) electrons. The maximum absolute atomic E-state index is 15.4. The number of phosphoric acid groups is 1. The summed E-state index contributed by atoms with van der Waals surface area (Å²) in [6.45, 7) is -1.43. The number of fused-ring (bicyclic) bond motifs is 1. The standard InChI is InChI=1S/C20H25F2N7O11P2/c1-35-41(32)36-5-11-14(22)16(19(39-11)28-3-2-12(30)27-20(28)31)40-42(33,34)37-6-10-9(21)4-13(38-10)29-8-26-15-17(23)24-7-25-18(15)29/h2-3,7-11,13-14,16,19,41H,4-6H2,1H3,(H,33,34)(H2,23,24,25)(H,27,30,31)/t9-,10+,11+,13+,14+,16+,19+/m0/s1. The molecule has 0 aromatic carbocycles. The monoisotopic (exact) mass is 639 g/mol. The van der Waals surface area contributed by atoms with E-state index in [1.807, 2.05) is 4.98 Å². The summed E-state index contributed by atoms with van der Waals surface area (Å²) in [7, 11) is -7.07. The minimum absolute atomic E-state index is 0.109. The van der Waals surface area contributed by atoms with Gasteiger partial charge in [-0.2, -0.15) is 0 Å². The van der Waals surface area contributed by atoms with Crippen LogP contribution in [0.4, 0.5) is 14.6 Å². The molecule has 18 nitrogen and oxygen atoms in total. The fourth-order valence-electron chi connectivity index (χ4n) is 4.44. The summed E-state index contributed by atoms with van der Waals surface area (Å²) in [4.78, 5) is 48.2. The number of hydrogen-bond acceptors (Lipinski definition) is 14. The Balaban J connectivity index is 1.28. The number of nitrogens with one attached hydrogen (secondary N) is 1. The minimum Gasteiger partial charge on any atom is -0.382 e. The number of nitrogens with two attached hydrogens (primary N) is 1. The van der Waals surface area contributed by atoms with Gasteiger partial charge in [-0.3, -0.25) is 32.5 Å². The Bertz CT molecular complexity index is 1620. The molecule has 3 aromatic heterocycles. The highest BCUT2D eigenvalue weighted by Gasteiger charge is 2.51. The van der Waals surface area contributed by atoms with E-state index < -0.39 is 83.7 Å². The van der Waals surface area contributed by atoms with E-state index >= 15 is 4.39 Å². The summed E-state index contributed by atoms with van der Waals surface area (Å²) in [6, 6.07) is 0.927. The molecule has 2 aliphatic heterocycles. The van der Waals surface area contributed by atoms with Crippen LogP contribution in [0.25, 0.3) is 11.2 Å². The van der Waals surface area contributed by atoms with Crippen LogP contribution in [0.15, 0.2) is 34.5 Å². The predicted octanol–water partition coefficient (Wildman–Crippen LogP) is 0.375. The maximum atomic E-state index is 15.4. The summed E-state index contributed by atoms with van der Waals surface area (Å²) in [5, 5.41) is 0. The van der Waals surface area contributed by atoms with E-state index in [0.29, 0.717) is 4.57 Å². The molecule has 230 valence electrons. The molecule has 5 heterocycles. The smallest absolute Gasteiger partial charge is 0.382 e. The molecule has 2 saturated heterocycles. The number of phosphoric ester groups is 1. The van der Waals surface area contributed by atoms with E-state index in [0.717, 1.165) is 19.4 Å². The van der Waals surface area contributed by atoms with Crippen LogP contribution in [0, 0.1) is 0 Å². The Morgan fingerprint density at radius 1 is 1.21 bits per heavy atom. The second kappa shape index (κ2) is 12.4. The average molecular weight is 639 g/mol. The van der Waals surface area contributed by atoms with Gasteiger partial charge in [0.05, 0.1) is 19.5 Å². The van der Waals surface area contributed by atoms with Crippen LogP contribution in [0.1, 0.15) is 18.9 Å². The van der Waals surface area contributed by atoms with Crippen molar-refractivity contribution in [2.24, 2.45) is 0 Å². The number of rotatable bonds is 11. The molecule has 5 rings (SSSR count). The van der Waals surface area contributed by atoms with Gasteiger partial charge in [-0.15, -0.1) is 0 Å². The Labute approximate surface area is 234 Å². The zero-order chi connectivity index (χ0) is 30.2. The third-order valence-electron chi connectivity index (χ3n) is 6.44. The molecular formula is C20H25F2N7O11P2. The lowest BCUT2D eigenvalue weighted by atomic mass is 10.1. The van der Waals surface area contributed by atoms with Crippen molar-refractivity contribution in [1.29, 1.82) is 0 Å². The molecule has 2 fully saturated rings. The molecule has 22 heteroatoms. The number of nitrogen functional groups attached to an aromatic ring is 1. The number of imidazole rings is 1. The van der Waals surface area contributed by atoms with Crippen LogP contribution in [0.3, 0.4) is 0 Å². The topological polar surface area (TPSA) is 234 Å². The van der Waals surface area contributed by atoms with Gasteiger partial charge in [-0.05, 0) is 0 Å². The largest absolute Gasteiger partial charge is 0.472 e. The van der Waals surface area contributed by atoms with Crippen LogP contribution >= 0.6 is 16.1 Å². The lowest BCUT2D eigenvalue weighted by Crippen LogP contribution is -2.37. The Kier molecular flexibility index (Phi) is 8.98. The highest BCUT2D eigenvalue weighted by Crippen LogP contribution is 2.50. The van der Waals surface area contributed by atoms with Crippen LogP contribution in [-0.4, -0.2) is 84.9 Å². The molecule has 42 heavy (non-hydrogen) atoms. The van der Waals surface area contributed by atoms with Crippen molar-refractivity contribution in [3.8, 4) is 0 Å². The number of halogens is 2. The fraction of sp³-hybridized carbons (Fsp3) is 0.550. The summed E-state index contributed by atoms with van der Waals surface area (Å²) in [5.74, 6) is 0.109. The van der Waals surface area contributed by atoms with Crippen LogP contribution in [0.2, 0.25) is 0 Å². The summed E-state index contributed by atoms with van der Waals surface area (Å²) < 4.78 is 87.2. The van der Waals surface area contributed by atoms with E-state index in [1.165, 1.54) is 17.2 Å². The molecule has 9 atom stereocenters. The maximum Gasteiger partial charge on any atom is 0.472 e. The molecule has 0 saturated carbocycles. The third-order valence-corrected chi connectivity index (χ3v) is 8.16. The quantitative estimate of drug-likeness (QED) is 0.241. The molecule has 0 spiro atoms. The highest BCUT2D eigenvalue weighted by atomic mass is 31.2. The highest BCUT2D eigenvalue weighted by molar-refractivity contribution is 7.47. The van der Waals surface area contributed by atoms with Crippen molar-refractivity contribution in [3.05, 3.63) is 45.8 Å². The SMILES string of the molecule is CO[PH](=O)OC[C@H]1O[C@@H](n2ccc(=O)[nH]c2=O)[C@H](OP(=O)(O)OC[C@H]2O[C@@H](n3cnc4c(N)ncnc43)C[C@@H]2F)[C@@H]1F. The van der Waals surface area contributed by atoms with Crippen molar-refractivity contribution < 1.29 is 50.4 Å². The zero-order valence-corrected chi connectivity index (χ0v) is 23.4. The number of ether oxygens (including phenoxy) is 2. The van der Waals surface area contributed by atoms with E-state index in [1.54, 1.807) is 0 Å². The first-order valence-electron chi connectivity index (χ1n) is 12.2. The van der Waals surface area contributed by atoms with Gasteiger partial charge in [0.1, 0.15) is 42.6 Å². The number of H-pyrrole nitrogens is 1. The van der Waals surface area contributed by atoms with Gasteiger partial charge in [-0.25, -0.2) is 33.1 Å². The Morgan fingerprint density at radius 3 is 2.74 bits per heavy atom. The summed E-state index contributed by atoms with van der Waals surface area (Å²) >= 11 is 0. The van der Waals surface area contributed by atoms with E-state index in [4.69, 9.17) is 28.8 Å². The zero-order valence-electron chi connectivity index (χ0n) is 21.5. The molecule has 4 N–H and O–H groups in total. The molecule has 0 bridgehead atoms. The number of anilines is 1. The van der Waals surface area contributed by atoms with Crippen LogP contribution < -0.4 is 17.0 Å². The summed E-state index contributed by atoms with van der Waals surface area (Å²) in [6.07, 6.45) is -8.05. The van der Waals surface area contributed by atoms with Gasteiger partial charge in [0.15, 0.2) is 23.9 Å². The fourth-order valence-corrected chi connectivity index (χ4v) is 5.79. The van der Waals surface area contributed by atoms with Crippen LogP contribution in [-0.2, 0) is 36.7 Å². The van der Waals surface area contributed by atoms with Crippen molar-refractivity contribution in [2.75, 3.05) is 26.1 Å². The van der Waals surface area contributed by atoms with Crippen molar-refractivity contribution in [1.82, 2.24) is 29.1 Å². The lowest BCUT2D eigenvalue weighted by Gasteiger charge is -2.24. The Hall–Kier alpha value is -2.93. The normalized spacial score (nSPS) is 30.0. The van der Waals surface area contributed by atoms with Gasteiger partial charge in [-0.1, -0.05) is 0 Å². The molecule has 3 aromatic rings. The average Bonchev–Trinajstić information content (AvgIpc) is 3.62. The van der Waals surface area contributed by atoms with Gasteiger partial charge < -0.3 is 29.1 Å². The first-order chi connectivity index (χ1) is 20.0.